The van der Waals surface area contributed by atoms with E-state index in [1.54, 1.807) is 24.4 Å². The van der Waals surface area contributed by atoms with Gasteiger partial charge in [0.2, 0.25) is 18.0 Å². The molecule has 2 aromatic rings. The molecule has 0 saturated carbocycles. The zero-order valence-electron chi connectivity index (χ0n) is 12.5. The molecule has 1 aromatic carbocycles. The van der Waals surface area contributed by atoms with Gasteiger partial charge in [0, 0.05) is 18.8 Å². The van der Waals surface area contributed by atoms with Crippen LogP contribution in [0.3, 0.4) is 0 Å². The minimum Gasteiger partial charge on any atom is -0.446 e. The molecule has 0 saturated heterocycles. The molecule has 23 heavy (non-hydrogen) atoms. The third-order valence-corrected chi connectivity index (χ3v) is 3.66. The van der Waals surface area contributed by atoms with Crippen LogP contribution in [0.2, 0.25) is 5.02 Å². The molecule has 1 unspecified atom stereocenters. The molecule has 0 aliphatic carbocycles. The molecule has 0 bridgehead atoms. The van der Waals surface area contributed by atoms with Crippen LogP contribution in [0.1, 0.15) is 30.0 Å². The molecule has 1 aliphatic heterocycles. The van der Waals surface area contributed by atoms with Crippen molar-refractivity contribution in [3.63, 3.8) is 0 Å². The van der Waals surface area contributed by atoms with Crippen molar-refractivity contribution in [2.75, 3.05) is 0 Å². The second-order valence-electron chi connectivity index (χ2n) is 5.07. The highest BCUT2D eigenvalue weighted by Gasteiger charge is 2.35. The summed E-state index contributed by atoms with van der Waals surface area (Å²) in [6, 6.07) is 8.10. The van der Waals surface area contributed by atoms with E-state index in [2.05, 4.69) is 10.1 Å². The number of hydrazone groups is 1. The maximum absolute atomic E-state index is 14.3. The molecule has 2 heterocycles. The lowest BCUT2D eigenvalue weighted by Gasteiger charge is -2.20. The van der Waals surface area contributed by atoms with Gasteiger partial charge < -0.3 is 4.74 Å². The Labute approximate surface area is 137 Å². The second-order valence-corrected chi connectivity index (χ2v) is 5.48. The fourth-order valence-electron chi connectivity index (χ4n) is 2.19. The van der Waals surface area contributed by atoms with Crippen LogP contribution in [-0.4, -0.2) is 21.8 Å². The Morgan fingerprint density at radius 1 is 1.35 bits per heavy atom. The number of nitrogens with zero attached hydrogens (tertiary/aromatic N) is 3. The minimum absolute atomic E-state index is 0.0416. The van der Waals surface area contributed by atoms with Gasteiger partial charge in [-0.15, -0.1) is 5.10 Å². The van der Waals surface area contributed by atoms with E-state index in [0.717, 1.165) is 10.7 Å². The highest BCUT2D eigenvalue weighted by Crippen LogP contribution is 2.33. The highest BCUT2D eigenvalue weighted by atomic mass is 35.5. The molecule has 1 aromatic heterocycles. The predicted octanol–water partition coefficient (Wildman–Crippen LogP) is 3.42. The molecule has 7 heteroatoms. The third kappa shape index (κ3) is 2.90. The SMILES string of the molecule is CC(=O)N1N=C(c2ccc(C)nc2)OC1c1cccc(Cl)c1F. The average Bonchev–Trinajstić information content (AvgIpc) is 2.96. The summed E-state index contributed by atoms with van der Waals surface area (Å²) in [5.41, 5.74) is 1.59. The lowest BCUT2D eigenvalue weighted by molar-refractivity contribution is -0.135. The van der Waals surface area contributed by atoms with E-state index in [1.807, 2.05) is 6.92 Å². The summed E-state index contributed by atoms with van der Waals surface area (Å²) < 4.78 is 20.0. The number of aryl methyl sites for hydroxylation is 1. The standard InChI is InChI=1S/C16H13ClFN3O2/c1-9-6-7-11(8-19-9)15-20-21(10(2)22)16(23-15)12-4-3-5-13(17)14(12)18/h3-8,16H,1-2H3. The number of benzene rings is 1. The summed E-state index contributed by atoms with van der Waals surface area (Å²) in [5, 5.41) is 5.19. The molecule has 0 radical (unpaired) electrons. The maximum atomic E-state index is 14.3. The monoisotopic (exact) mass is 333 g/mol. The van der Waals surface area contributed by atoms with Crippen LogP contribution < -0.4 is 0 Å². The summed E-state index contributed by atoms with van der Waals surface area (Å²) in [5.74, 6) is -0.801. The van der Waals surface area contributed by atoms with Gasteiger partial charge in [0.15, 0.2) is 5.82 Å². The molecule has 1 aliphatic rings. The van der Waals surface area contributed by atoms with Crippen molar-refractivity contribution < 1.29 is 13.9 Å². The van der Waals surface area contributed by atoms with Crippen LogP contribution in [0, 0.1) is 12.7 Å². The van der Waals surface area contributed by atoms with E-state index in [-0.39, 0.29) is 22.4 Å². The number of carbonyl (C=O) groups is 1. The van der Waals surface area contributed by atoms with Crippen molar-refractivity contribution in [1.29, 1.82) is 0 Å². The van der Waals surface area contributed by atoms with Crippen LogP contribution in [0.15, 0.2) is 41.6 Å². The van der Waals surface area contributed by atoms with Gasteiger partial charge in [-0.2, -0.15) is 5.01 Å². The highest BCUT2D eigenvalue weighted by molar-refractivity contribution is 6.30. The Kier molecular flexibility index (Phi) is 4.00. The van der Waals surface area contributed by atoms with Gasteiger partial charge in [0.25, 0.3) is 0 Å². The first kappa shape index (κ1) is 15.4. The fourth-order valence-corrected chi connectivity index (χ4v) is 2.37. The van der Waals surface area contributed by atoms with E-state index >= 15 is 0 Å². The Morgan fingerprint density at radius 3 is 2.78 bits per heavy atom. The van der Waals surface area contributed by atoms with E-state index in [0.29, 0.717) is 5.56 Å². The van der Waals surface area contributed by atoms with E-state index in [9.17, 15) is 9.18 Å². The first-order chi connectivity index (χ1) is 11.0. The number of hydrogen-bond donors (Lipinski definition) is 0. The number of hydrogen-bond acceptors (Lipinski definition) is 4. The molecule has 118 valence electrons. The number of halogens is 2. The summed E-state index contributed by atoms with van der Waals surface area (Å²) >= 11 is 5.81. The van der Waals surface area contributed by atoms with E-state index in [1.165, 1.54) is 19.1 Å². The van der Waals surface area contributed by atoms with Gasteiger partial charge in [-0.25, -0.2) is 4.39 Å². The number of pyridine rings is 1. The quantitative estimate of drug-likeness (QED) is 0.846. The topological polar surface area (TPSA) is 54.8 Å². The zero-order chi connectivity index (χ0) is 16.6. The smallest absolute Gasteiger partial charge is 0.243 e. The molecular formula is C16H13ClFN3O2. The second kappa shape index (κ2) is 5.96. The summed E-state index contributed by atoms with van der Waals surface area (Å²) in [4.78, 5) is 16.0. The number of carbonyl (C=O) groups excluding carboxylic acids is 1. The van der Waals surface area contributed by atoms with Crippen molar-refractivity contribution >= 4 is 23.4 Å². The van der Waals surface area contributed by atoms with E-state index in [4.69, 9.17) is 16.3 Å². The largest absolute Gasteiger partial charge is 0.446 e. The van der Waals surface area contributed by atoms with Crippen molar-refractivity contribution in [1.82, 2.24) is 9.99 Å². The van der Waals surface area contributed by atoms with Gasteiger partial charge in [0.1, 0.15) is 0 Å². The molecule has 5 nitrogen and oxygen atoms in total. The number of aromatic nitrogens is 1. The summed E-state index contributed by atoms with van der Waals surface area (Å²) in [6.45, 7) is 3.19. The molecule has 0 N–H and O–H groups in total. The van der Waals surface area contributed by atoms with Crippen molar-refractivity contribution in [3.8, 4) is 0 Å². The van der Waals surface area contributed by atoms with Crippen LogP contribution in [0.25, 0.3) is 0 Å². The van der Waals surface area contributed by atoms with Crippen molar-refractivity contribution in [2.45, 2.75) is 20.1 Å². The Balaban J connectivity index is 1.99. The normalized spacial score (nSPS) is 17.0. The third-order valence-electron chi connectivity index (χ3n) is 3.37. The molecule has 1 amide bonds. The average molecular weight is 334 g/mol. The molecule has 0 fully saturated rings. The lowest BCUT2D eigenvalue weighted by Crippen LogP contribution is -2.26. The number of rotatable bonds is 2. The van der Waals surface area contributed by atoms with Crippen molar-refractivity contribution in [3.05, 3.63) is 64.2 Å². The van der Waals surface area contributed by atoms with Crippen LogP contribution >= 0.6 is 11.6 Å². The van der Waals surface area contributed by atoms with Gasteiger partial charge in [-0.3, -0.25) is 9.78 Å². The van der Waals surface area contributed by atoms with Crippen LogP contribution in [-0.2, 0) is 9.53 Å². The lowest BCUT2D eigenvalue weighted by atomic mass is 10.1. The first-order valence-corrected chi connectivity index (χ1v) is 7.27. The summed E-state index contributed by atoms with van der Waals surface area (Å²) in [6.07, 6.45) is 0.589. The molecule has 0 spiro atoms. The predicted molar refractivity (Wildman–Crippen MR) is 83.3 cm³/mol. The van der Waals surface area contributed by atoms with Gasteiger partial charge in [-0.1, -0.05) is 23.7 Å². The molecule has 1 atom stereocenters. The fraction of sp³-hybridized carbons (Fsp3) is 0.188. The molecular weight excluding hydrogens is 321 g/mol. The minimum atomic E-state index is -0.998. The summed E-state index contributed by atoms with van der Waals surface area (Å²) in [7, 11) is 0. The van der Waals surface area contributed by atoms with Crippen LogP contribution in [0.4, 0.5) is 4.39 Å². The Hall–Kier alpha value is -2.47. The number of ether oxygens (including phenoxy) is 1. The van der Waals surface area contributed by atoms with Gasteiger partial charge in [-0.05, 0) is 25.1 Å². The van der Waals surface area contributed by atoms with Crippen molar-refractivity contribution in [2.24, 2.45) is 5.10 Å². The Morgan fingerprint density at radius 2 is 2.13 bits per heavy atom. The Bertz CT molecular complexity index is 792. The first-order valence-electron chi connectivity index (χ1n) is 6.89. The van der Waals surface area contributed by atoms with Crippen LogP contribution in [0.5, 0.6) is 0 Å². The van der Waals surface area contributed by atoms with Gasteiger partial charge in [0.05, 0.1) is 16.1 Å². The zero-order valence-corrected chi connectivity index (χ0v) is 13.2. The number of amides is 1. The maximum Gasteiger partial charge on any atom is 0.243 e. The van der Waals surface area contributed by atoms with Gasteiger partial charge >= 0.3 is 0 Å². The molecule has 3 rings (SSSR count). The van der Waals surface area contributed by atoms with E-state index < -0.39 is 12.0 Å².